The summed E-state index contributed by atoms with van der Waals surface area (Å²) in [5.41, 5.74) is 9.55. The first kappa shape index (κ1) is 20.6. The smallest absolute Gasteiger partial charge is 0.135 e. The van der Waals surface area contributed by atoms with Crippen LogP contribution in [0.4, 0.5) is 0 Å². The van der Waals surface area contributed by atoms with Gasteiger partial charge in [0.1, 0.15) is 11.2 Å². The number of benzene rings is 5. The van der Waals surface area contributed by atoms with Crippen molar-refractivity contribution < 1.29 is 4.42 Å². The highest BCUT2D eigenvalue weighted by molar-refractivity contribution is 7.99. The molecule has 1 nitrogen and oxygen atoms in total. The van der Waals surface area contributed by atoms with Gasteiger partial charge >= 0.3 is 0 Å². The predicted molar refractivity (Wildman–Crippen MR) is 147 cm³/mol. The first-order chi connectivity index (χ1) is 17.1. The Kier molecular flexibility index (Phi) is 4.49. The molecule has 0 N–H and O–H groups in total. The fourth-order valence-corrected chi connectivity index (χ4v) is 6.73. The van der Waals surface area contributed by atoms with Gasteiger partial charge in [0.05, 0.1) is 0 Å². The van der Waals surface area contributed by atoms with Crippen LogP contribution in [0.2, 0.25) is 0 Å². The maximum atomic E-state index is 6.05. The van der Waals surface area contributed by atoms with Gasteiger partial charge in [-0.15, -0.1) is 0 Å². The van der Waals surface area contributed by atoms with E-state index >= 15 is 0 Å². The SMILES string of the molecule is CC1(C)c2cc(-c3ccccc3)ccc2Sc2ccc(-c3ccc4oc5ccccc5c4c3)cc21. The highest BCUT2D eigenvalue weighted by atomic mass is 32.2. The topological polar surface area (TPSA) is 13.1 Å². The highest BCUT2D eigenvalue weighted by Gasteiger charge is 2.33. The molecule has 0 bridgehead atoms. The summed E-state index contributed by atoms with van der Waals surface area (Å²) in [6.45, 7) is 4.71. The van der Waals surface area contributed by atoms with E-state index in [-0.39, 0.29) is 5.41 Å². The van der Waals surface area contributed by atoms with Crippen molar-refractivity contribution in [1.82, 2.24) is 0 Å². The normalized spacial score (nSPS) is 14.1. The van der Waals surface area contributed by atoms with Crippen LogP contribution < -0.4 is 0 Å². The molecule has 0 unspecified atom stereocenters. The van der Waals surface area contributed by atoms with Gasteiger partial charge in [-0.3, -0.25) is 0 Å². The summed E-state index contributed by atoms with van der Waals surface area (Å²) in [6, 6.07) is 39.4. The van der Waals surface area contributed by atoms with E-state index in [9.17, 15) is 0 Å². The molecular formula is C33H24OS. The molecule has 0 saturated heterocycles. The number of furan rings is 1. The van der Waals surface area contributed by atoms with Crippen LogP contribution in [0.5, 0.6) is 0 Å². The van der Waals surface area contributed by atoms with Crippen molar-refractivity contribution in [1.29, 1.82) is 0 Å². The lowest BCUT2D eigenvalue weighted by molar-refractivity contribution is 0.608. The van der Waals surface area contributed by atoms with Gasteiger partial charge in [-0.05, 0) is 75.8 Å². The summed E-state index contributed by atoms with van der Waals surface area (Å²) in [4.78, 5) is 2.69. The van der Waals surface area contributed by atoms with Crippen LogP contribution in [0, 0.1) is 0 Å². The van der Waals surface area contributed by atoms with Crippen LogP contribution >= 0.6 is 11.8 Å². The van der Waals surface area contributed by atoms with Gasteiger partial charge < -0.3 is 4.42 Å². The van der Waals surface area contributed by atoms with E-state index < -0.39 is 0 Å². The fraction of sp³-hybridized carbons (Fsp3) is 0.0909. The van der Waals surface area contributed by atoms with E-state index in [1.807, 2.05) is 23.9 Å². The Labute approximate surface area is 209 Å². The zero-order valence-electron chi connectivity index (χ0n) is 19.7. The summed E-state index contributed by atoms with van der Waals surface area (Å²) in [7, 11) is 0. The minimum Gasteiger partial charge on any atom is -0.456 e. The molecule has 0 spiro atoms. The molecule has 35 heavy (non-hydrogen) atoms. The van der Waals surface area contributed by atoms with Crippen LogP contribution in [-0.2, 0) is 5.41 Å². The average molecular weight is 469 g/mol. The molecule has 7 rings (SSSR count). The van der Waals surface area contributed by atoms with Gasteiger partial charge in [0.25, 0.3) is 0 Å². The van der Waals surface area contributed by atoms with E-state index in [2.05, 4.69) is 111 Å². The third-order valence-corrected chi connectivity index (χ3v) is 8.49. The molecule has 1 aromatic heterocycles. The number of rotatable bonds is 2. The molecule has 0 radical (unpaired) electrons. The van der Waals surface area contributed by atoms with Crippen molar-refractivity contribution in [3.8, 4) is 22.3 Å². The first-order valence-electron chi connectivity index (χ1n) is 12.0. The molecule has 0 saturated carbocycles. The molecule has 0 amide bonds. The molecule has 0 aliphatic carbocycles. The number of hydrogen-bond acceptors (Lipinski definition) is 2. The van der Waals surface area contributed by atoms with Gasteiger partial charge in [-0.2, -0.15) is 0 Å². The van der Waals surface area contributed by atoms with Crippen LogP contribution in [-0.4, -0.2) is 0 Å². The van der Waals surface area contributed by atoms with E-state index in [4.69, 9.17) is 4.42 Å². The van der Waals surface area contributed by atoms with Crippen molar-refractivity contribution in [2.75, 3.05) is 0 Å². The number of para-hydroxylation sites is 1. The lowest BCUT2D eigenvalue weighted by atomic mass is 9.76. The summed E-state index contributed by atoms with van der Waals surface area (Å²) < 4.78 is 6.05. The fourth-order valence-electron chi connectivity index (χ4n) is 5.37. The molecule has 2 heteroatoms. The Bertz CT molecular complexity index is 1740. The molecule has 1 aliphatic heterocycles. The lowest BCUT2D eigenvalue weighted by Crippen LogP contribution is -2.23. The van der Waals surface area contributed by atoms with Crippen molar-refractivity contribution in [3.63, 3.8) is 0 Å². The Morgan fingerprint density at radius 2 is 1.09 bits per heavy atom. The van der Waals surface area contributed by atoms with Crippen molar-refractivity contribution in [2.45, 2.75) is 29.1 Å². The maximum Gasteiger partial charge on any atom is 0.135 e. The standard InChI is InChI=1S/C33H24OS/c1-33(2)27-19-23(21-8-4-3-5-9-21)13-16-31(27)35-32-17-14-24(20-28(32)33)22-12-15-30-26(18-22)25-10-6-7-11-29(25)34-30/h3-20H,1-2H3. The molecular weight excluding hydrogens is 444 g/mol. The van der Waals surface area contributed by atoms with Gasteiger partial charge in [-0.25, -0.2) is 0 Å². The van der Waals surface area contributed by atoms with Crippen LogP contribution in [0.1, 0.15) is 25.0 Å². The van der Waals surface area contributed by atoms with Gasteiger partial charge in [-0.1, -0.05) is 92.3 Å². The van der Waals surface area contributed by atoms with E-state index in [0.29, 0.717) is 0 Å². The monoisotopic (exact) mass is 468 g/mol. The molecule has 0 fully saturated rings. The summed E-state index contributed by atoms with van der Waals surface area (Å²) >= 11 is 1.88. The molecule has 168 valence electrons. The van der Waals surface area contributed by atoms with E-state index in [0.717, 1.165) is 11.2 Å². The second kappa shape index (κ2) is 7.63. The summed E-state index contributed by atoms with van der Waals surface area (Å²) in [5.74, 6) is 0. The predicted octanol–water partition coefficient (Wildman–Crippen LogP) is 9.71. The second-order valence-electron chi connectivity index (χ2n) is 9.82. The van der Waals surface area contributed by atoms with Crippen molar-refractivity contribution >= 4 is 33.7 Å². The Morgan fingerprint density at radius 1 is 0.514 bits per heavy atom. The molecule has 1 aliphatic rings. The zero-order chi connectivity index (χ0) is 23.6. The largest absolute Gasteiger partial charge is 0.456 e. The molecule has 2 heterocycles. The second-order valence-corrected chi connectivity index (χ2v) is 10.9. The van der Waals surface area contributed by atoms with Crippen molar-refractivity contribution in [3.05, 3.63) is 120 Å². The van der Waals surface area contributed by atoms with Gasteiger partial charge in [0, 0.05) is 26.0 Å². The third-order valence-electron chi connectivity index (χ3n) is 7.34. The lowest BCUT2D eigenvalue weighted by Gasteiger charge is -2.35. The highest BCUT2D eigenvalue weighted by Crippen LogP contribution is 2.51. The average Bonchev–Trinajstić information content (AvgIpc) is 3.27. The number of hydrogen-bond donors (Lipinski definition) is 0. The maximum absolute atomic E-state index is 6.05. The van der Waals surface area contributed by atoms with Crippen LogP contribution in [0.3, 0.4) is 0 Å². The van der Waals surface area contributed by atoms with E-state index in [1.54, 1.807) is 0 Å². The van der Waals surface area contributed by atoms with E-state index in [1.165, 1.54) is 53.9 Å². The summed E-state index contributed by atoms with van der Waals surface area (Å²) in [6.07, 6.45) is 0. The van der Waals surface area contributed by atoms with Crippen molar-refractivity contribution in [2.24, 2.45) is 0 Å². The Morgan fingerprint density at radius 3 is 1.83 bits per heavy atom. The minimum atomic E-state index is -0.0941. The summed E-state index contributed by atoms with van der Waals surface area (Å²) in [5, 5.41) is 2.34. The van der Waals surface area contributed by atoms with Crippen LogP contribution in [0.15, 0.2) is 123 Å². The quantitative estimate of drug-likeness (QED) is 0.251. The third kappa shape index (κ3) is 3.25. The zero-order valence-corrected chi connectivity index (χ0v) is 20.5. The van der Waals surface area contributed by atoms with Gasteiger partial charge in [0.2, 0.25) is 0 Å². The minimum absolute atomic E-state index is 0.0941. The molecule has 0 atom stereocenters. The first-order valence-corrected chi connectivity index (χ1v) is 12.8. The number of fused-ring (bicyclic) bond motifs is 5. The Hall–Kier alpha value is -3.75. The molecule has 5 aromatic carbocycles. The Balaban J connectivity index is 1.34. The van der Waals surface area contributed by atoms with Gasteiger partial charge in [0.15, 0.2) is 0 Å². The molecule has 6 aromatic rings. The van der Waals surface area contributed by atoms with Crippen LogP contribution in [0.25, 0.3) is 44.2 Å².